The Labute approximate surface area is 277 Å². The molecule has 0 N–H and O–H groups in total. The summed E-state index contributed by atoms with van der Waals surface area (Å²) in [7, 11) is 0. The first kappa shape index (κ1) is 32.9. The Balaban J connectivity index is 1.75. The first-order valence-corrected chi connectivity index (χ1v) is 16.3. The predicted molar refractivity (Wildman–Crippen MR) is 186 cm³/mol. The van der Waals surface area contributed by atoms with Gasteiger partial charge >= 0.3 is 5.97 Å². The van der Waals surface area contributed by atoms with Crippen LogP contribution in [0.2, 0.25) is 5.02 Å². The SMILES string of the molecule is CCc1ccc(Oc2c(Oc3ccc(CC)cc3)c(OC(=O)CC(C)(C)CC)c3ccc(Cl)cc3c2OCc2ccccc2)cc1. The molecule has 0 aromatic heterocycles. The molecule has 0 spiro atoms. The summed E-state index contributed by atoms with van der Waals surface area (Å²) < 4.78 is 26.1. The molecule has 0 saturated carbocycles. The van der Waals surface area contributed by atoms with Crippen LogP contribution < -0.4 is 18.9 Å². The number of halogens is 1. The van der Waals surface area contributed by atoms with E-state index in [-0.39, 0.29) is 41.7 Å². The summed E-state index contributed by atoms with van der Waals surface area (Å²) in [5.74, 6) is 1.97. The molecular formula is C40H41ClO5. The molecule has 238 valence electrons. The van der Waals surface area contributed by atoms with Crippen molar-refractivity contribution in [3.63, 3.8) is 0 Å². The quantitative estimate of drug-likeness (QED) is 0.0950. The second-order valence-corrected chi connectivity index (χ2v) is 12.6. The van der Waals surface area contributed by atoms with Crippen molar-refractivity contribution in [2.75, 3.05) is 0 Å². The monoisotopic (exact) mass is 636 g/mol. The minimum absolute atomic E-state index is 0.226. The summed E-state index contributed by atoms with van der Waals surface area (Å²) in [5, 5.41) is 1.75. The van der Waals surface area contributed by atoms with Crippen molar-refractivity contribution in [2.24, 2.45) is 5.41 Å². The Hall–Kier alpha value is -4.48. The number of hydrogen-bond donors (Lipinski definition) is 0. The van der Waals surface area contributed by atoms with Crippen LogP contribution in [0.25, 0.3) is 10.8 Å². The van der Waals surface area contributed by atoms with Gasteiger partial charge < -0.3 is 18.9 Å². The van der Waals surface area contributed by atoms with Gasteiger partial charge in [-0.05, 0) is 77.4 Å². The Morgan fingerprint density at radius 3 is 1.76 bits per heavy atom. The van der Waals surface area contributed by atoms with Gasteiger partial charge in [0.05, 0.1) is 6.42 Å². The molecule has 0 unspecified atom stereocenters. The molecule has 0 aliphatic rings. The molecule has 5 aromatic rings. The van der Waals surface area contributed by atoms with Crippen LogP contribution in [0.15, 0.2) is 97.1 Å². The van der Waals surface area contributed by atoms with Crippen LogP contribution in [0.4, 0.5) is 0 Å². The molecule has 0 fully saturated rings. The lowest BCUT2D eigenvalue weighted by molar-refractivity contribution is -0.136. The molecule has 0 heterocycles. The molecule has 6 heteroatoms. The number of fused-ring (bicyclic) bond motifs is 1. The topological polar surface area (TPSA) is 54.0 Å². The van der Waals surface area contributed by atoms with E-state index < -0.39 is 0 Å². The van der Waals surface area contributed by atoms with Gasteiger partial charge in [-0.1, -0.05) is 107 Å². The van der Waals surface area contributed by atoms with Crippen molar-refractivity contribution in [3.8, 4) is 34.5 Å². The van der Waals surface area contributed by atoms with E-state index in [4.69, 9.17) is 30.5 Å². The van der Waals surface area contributed by atoms with E-state index >= 15 is 0 Å². The van der Waals surface area contributed by atoms with E-state index in [0.717, 1.165) is 24.8 Å². The average Bonchev–Trinajstić information content (AvgIpc) is 3.06. The molecule has 5 aromatic carbocycles. The fraction of sp³-hybridized carbons (Fsp3) is 0.275. The number of carbonyl (C=O) groups is 1. The van der Waals surface area contributed by atoms with Crippen molar-refractivity contribution in [1.29, 1.82) is 0 Å². The first-order chi connectivity index (χ1) is 22.2. The van der Waals surface area contributed by atoms with E-state index in [1.807, 2.05) is 98.8 Å². The predicted octanol–water partition coefficient (Wildman–Crippen LogP) is 11.5. The van der Waals surface area contributed by atoms with Gasteiger partial charge in [0, 0.05) is 15.8 Å². The Kier molecular flexibility index (Phi) is 10.5. The molecule has 0 radical (unpaired) electrons. The van der Waals surface area contributed by atoms with Crippen LogP contribution in [0.5, 0.6) is 34.5 Å². The van der Waals surface area contributed by atoms with Crippen LogP contribution in [0, 0.1) is 5.41 Å². The Bertz CT molecular complexity index is 1780. The summed E-state index contributed by atoms with van der Waals surface area (Å²) in [6, 6.07) is 31.0. The van der Waals surface area contributed by atoms with Crippen LogP contribution in [0.3, 0.4) is 0 Å². The number of benzene rings is 5. The summed E-state index contributed by atoms with van der Waals surface area (Å²) >= 11 is 6.58. The maximum Gasteiger partial charge on any atom is 0.311 e. The number of esters is 1. The maximum atomic E-state index is 13.5. The number of aryl methyl sites for hydroxylation is 2. The molecule has 0 atom stereocenters. The van der Waals surface area contributed by atoms with E-state index in [1.165, 1.54) is 11.1 Å². The Morgan fingerprint density at radius 2 is 1.22 bits per heavy atom. The zero-order valence-corrected chi connectivity index (χ0v) is 27.9. The summed E-state index contributed by atoms with van der Waals surface area (Å²) in [4.78, 5) is 13.5. The van der Waals surface area contributed by atoms with Crippen LogP contribution in [-0.4, -0.2) is 5.97 Å². The van der Waals surface area contributed by atoms with Gasteiger partial charge in [0.2, 0.25) is 11.5 Å². The minimum atomic E-state index is -0.370. The number of rotatable bonds is 13. The molecule has 0 amide bonds. The fourth-order valence-corrected chi connectivity index (χ4v) is 5.17. The van der Waals surface area contributed by atoms with Crippen molar-refractivity contribution < 1.29 is 23.7 Å². The normalized spacial score (nSPS) is 11.3. The van der Waals surface area contributed by atoms with Gasteiger partial charge in [-0.15, -0.1) is 0 Å². The maximum absolute atomic E-state index is 13.5. The zero-order chi connectivity index (χ0) is 32.7. The number of hydrogen-bond acceptors (Lipinski definition) is 5. The second kappa shape index (κ2) is 14.7. The molecule has 46 heavy (non-hydrogen) atoms. The molecule has 5 nitrogen and oxygen atoms in total. The average molecular weight is 637 g/mol. The number of ether oxygens (including phenoxy) is 4. The fourth-order valence-electron chi connectivity index (χ4n) is 5.00. The zero-order valence-electron chi connectivity index (χ0n) is 27.2. The third-order valence-corrected chi connectivity index (χ3v) is 8.45. The van der Waals surface area contributed by atoms with Gasteiger partial charge in [-0.25, -0.2) is 0 Å². The second-order valence-electron chi connectivity index (χ2n) is 12.1. The summed E-state index contributed by atoms with van der Waals surface area (Å²) in [6.45, 7) is 10.6. The summed E-state index contributed by atoms with van der Waals surface area (Å²) in [6.07, 6.45) is 2.84. The third-order valence-electron chi connectivity index (χ3n) is 8.21. The largest absolute Gasteiger partial charge is 0.484 e. The van der Waals surface area contributed by atoms with Gasteiger partial charge in [-0.3, -0.25) is 4.79 Å². The van der Waals surface area contributed by atoms with E-state index in [2.05, 4.69) is 20.8 Å². The highest BCUT2D eigenvalue weighted by atomic mass is 35.5. The van der Waals surface area contributed by atoms with Crippen molar-refractivity contribution in [2.45, 2.75) is 66.9 Å². The van der Waals surface area contributed by atoms with Crippen molar-refractivity contribution in [1.82, 2.24) is 0 Å². The minimum Gasteiger partial charge on any atom is -0.484 e. The Morgan fingerprint density at radius 1 is 0.652 bits per heavy atom. The third kappa shape index (κ3) is 8.02. The van der Waals surface area contributed by atoms with Gasteiger partial charge in [0.1, 0.15) is 18.1 Å². The van der Waals surface area contributed by atoms with Crippen LogP contribution >= 0.6 is 11.6 Å². The van der Waals surface area contributed by atoms with Gasteiger partial charge in [0.25, 0.3) is 0 Å². The molecule has 0 aliphatic carbocycles. The highest BCUT2D eigenvalue weighted by molar-refractivity contribution is 6.31. The van der Waals surface area contributed by atoms with Crippen LogP contribution in [0.1, 0.15) is 64.2 Å². The molecule has 5 rings (SSSR count). The van der Waals surface area contributed by atoms with Gasteiger partial charge in [-0.2, -0.15) is 0 Å². The van der Waals surface area contributed by atoms with E-state index in [9.17, 15) is 4.79 Å². The molecule has 0 aliphatic heterocycles. The van der Waals surface area contributed by atoms with E-state index in [1.54, 1.807) is 12.1 Å². The lowest BCUT2D eigenvalue weighted by Crippen LogP contribution is -2.20. The smallest absolute Gasteiger partial charge is 0.311 e. The lowest BCUT2D eigenvalue weighted by Gasteiger charge is -2.24. The number of carbonyl (C=O) groups excluding carboxylic acids is 1. The van der Waals surface area contributed by atoms with Gasteiger partial charge in [0.15, 0.2) is 11.5 Å². The van der Waals surface area contributed by atoms with E-state index in [0.29, 0.717) is 33.0 Å². The molecule has 0 saturated heterocycles. The van der Waals surface area contributed by atoms with Crippen LogP contribution in [-0.2, 0) is 24.2 Å². The highest BCUT2D eigenvalue weighted by Crippen LogP contribution is 2.54. The standard InChI is InChI=1S/C40H41ClO5/c1-6-27-14-19-31(20-15-27)44-38-36(43-26-29-12-10-9-11-13-29)34-24-30(41)18-23-33(34)37(46-35(42)25-40(4,5)8-3)39(38)45-32-21-16-28(7-2)17-22-32/h9-24H,6-8,25-26H2,1-5H3. The first-order valence-electron chi connectivity index (χ1n) is 15.9. The highest BCUT2D eigenvalue weighted by Gasteiger charge is 2.30. The summed E-state index contributed by atoms with van der Waals surface area (Å²) in [5.41, 5.74) is 3.09. The van der Waals surface area contributed by atoms with Crippen molar-refractivity contribution in [3.05, 3.63) is 119 Å². The molecule has 0 bridgehead atoms. The van der Waals surface area contributed by atoms with Crippen molar-refractivity contribution >= 4 is 28.3 Å². The lowest BCUT2D eigenvalue weighted by atomic mass is 9.87. The molecular weight excluding hydrogens is 596 g/mol.